The average molecular weight is 364 g/mol. The molecule has 7 heteroatoms. The summed E-state index contributed by atoms with van der Waals surface area (Å²) < 4.78 is 10.4. The zero-order valence-electron chi connectivity index (χ0n) is 16.0. The SMILES string of the molecule is CCOC(=O)c1[nH]c(C)c(C(=O)O[C@@H](C)C(=O)N2CCCCCC2)c1C. The van der Waals surface area contributed by atoms with Gasteiger partial charge in [-0.05, 0) is 46.1 Å². The molecule has 1 amide bonds. The minimum absolute atomic E-state index is 0.170. The molecule has 1 aromatic rings. The topological polar surface area (TPSA) is 88.7 Å². The maximum Gasteiger partial charge on any atom is 0.355 e. The van der Waals surface area contributed by atoms with Crippen LogP contribution in [0, 0.1) is 13.8 Å². The van der Waals surface area contributed by atoms with Gasteiger partial charge in [-0.3, -0.25) is 4.79 Å². The minimum Gasteiger partial charge on any atom is -0.461 e. The summed E-state index contributed by atoms with van der Waals surface area (Å²) in [6.07, 6.45) is 3.34. The van der Waals surface area contributed by atoms with Gasteiger partial charge in [0.25, 0.3) is 5.91 Å². The van der Waals surface area contributed by atoms with Crippen molar-refractivity contribution in [1.82, 2.24) is 9.88 Å². The van der Waals surface area contributed by atoms with E-state index < -0.39 is 18.0 Å². The van der Waals surface area contributed by atoms with Crippen LogP contribution in [0.25, 0.3) is 0 Å². The van der Waals surface area contributed by atoms with E-state index in [1.54, 1.807) is 32.6 Å². The summed E-state index contributed by atoms with van der Waals surface area (Å²) in [6, 6.07) is 0. The number of amides is 1. The molecule has 1 aliphatic heterocycles. The summed E-state index contributed by atoms with van der Waals surface area (Å²) in [6.45, 7) is 8.31. The summed E-state index contributed by atoms with van der Waals surface area (Å²) in [5.41, 5.74) is 1.51. The molecular formula is C19H28N2O5. The number of ether oxygens (including phenoxy) is 2. The lowest BCUT2D eigenvalue weighted by Gasteiger charge is -2.24. The van der Waals surface area contributed by atoms with Gasteiger partial charge in [0.2, 0.25) is 0 Å². The van der Waals surface area contributed by atoms with Gasteiger partial charge in [0, 0.05) is 18.8 Å². The zero-order chi connectivity index (χ0) is 19.3. The molecule has 0 aliphatic carbocycles. The predicted molar refractivity (Wildman–Crippen MR) is 96.1 cm³/mol. The second-order valence-electron chi connectivity index (χ2n) is 6.63. The molecule has 2 rings (SSSR count). The van der Waals surface area contributed by atoms with E-state index in [-0.39, 0.29) is 23.8 Å². The highest BCUT2D eigenvalue weighted by Gasteiger charge is 2.28. The third kappa shape index (κ3) is 4.45. The van der Waals surface area contributed by atoms with E-state index >= 15 is 0 Å². The number of nitrogens with one attached hydrogen (secondary N) is 1. The number of carbonyl (C=O) groups is 3. The molecule has 0 spiro atoms. The van der Waals surface area contributed by atoms with Gasteiger partial charge in [-0.2, -0.15) is 0 Å². The summed E-state index contributed by atoms with van der Waals surface area (Å²) in [5.74, 6) is -1.29. The molecule has 7 nitrogen and oxygen atoms in total. The Hall–Kier alpha value is -2.31. The fourth-order valence-electron chi connectivity index (χ4n) is 3.28. The van der Waals surface area contributed by atoms with E-state index in [0.717, 1.165) is 25.7 Å². The molecule has 0 radical (unpaired) electrons. The van der Waals surface area contributed by atoms with Crippen LogP contribution in [0.15, 0.2) is 0 Å². The first kappa shape index (κ1) is 20.0. The monoisotopic (exact) mass is 364 g/mol. The van der Waals surface area contributed by atoms with E-state index in [4.69, 9.17) is 9.47 Å². The highest BCUT2D eigenvalue weighted by molar-refractivity contribution is 5.99. The molecule has 1 aliphatic rings. The quantitative estimate of drug-likeness (QED) is 0.812. The van der Waals surface area contributed by atoms with E-state index in [1.807, 2.05) is 0 Å². The van der Waals surface area contributed by atoms with Crippen LogP contribution >= 0.6 is 0 Å². The minimum atomic E-state index is -0.861. The Bertz CT molecular complexity index is 672. The highest BCUT2D eigenvalue weighted by atomic mass is 16.5. The number of hydrogen-bond acceptors (Lipinski definition) is 5. The number of aromatic amines is 1. The van der Waals surface area contributed by atoms with Crippen LogP contribution in [0.3, 0.4) is 0 Å². The van der Waals surface area contributed by atoms with Crippen LogP contribution in [-0.2, 0) is 14.3 Å². The van der Waals surface area contributed by atoms with Crippen molar-refractivity contribution in [2.75, 3.05) is 19.7 Å². The number of carbonyl (C=O) groups excluding carboxylic acids is 3. The molecule has 1 N–H and O–H groups in total. The molecule has 1 atom stereocenters. The highest BCUT2D eigenvalue weighted by Crippen LogP contribution is 2.21. The number of H-pyrrole nitrogens is 1. The van der Waals surface area contributed by atoms with Crippen LogP contribution in [0.5, 0.6) is 0 Å². The lowest BCUT2D eigenvalue weighted by Crippen LogP contribution is -2.40. The smallest absolute Gasteiger partial charge is 0.355 e. The first-order chi connectivity index (χ1) is 12.4. The zero-order valence-corrected chi connectivity index (χ0v) is 16.0. The Morgan fingerprint density at radius 3 is 2.27 bits per heavy atom. The Labute approximate surface area is 154 Å². The lowest BCUT2D eigenvalue weighted by molar-refractivity contribution is -0.139. The third-order valence-corrected chi connectivity index (χ3v) is 4.67. The average Bonchev–Trinajstić information content (AvgIpc) is 2.78. The molecular weight excluding hydrogens is 336 g/mol. The van der Waals surface area contributed by atoms with Gasteiger partial charge in [0.15, 0.2) is 6.10 Å². The van der Waals surface area contributed by atoms with Crippen molar-refractivity contribution in [3.63, 3.8) is 0 Å². The van der Waals surface area contributed by atoms with E-state index in [0.29, 0.717) is 24.3 Å². The first-order valence-electron chi connectivity index (χ1n) is 9.22. The summed E-state index contributed by atoms with van der Waals surface area (Å²) >= 11 is 0. The molecule has 26 heavy (non-hydrogen) atoms. The standard InChI is InChI=1S/C19H28N2O5/c1-5-25-19(24)16-12(2)15(13(3)20-16)18(23)26-14(4)17(22)21-10-8-6-7-9-11-21/h14,20H,5-11H2,1-4H3/t14-/m0/s1. The van der Waals surface area contributed by atoms with Crippen molar-refractivity contribution in [2.24, 2.45) is 0 Å². The van der Waals surface area contributed by atoms with Gasteiger partial charge in [-0.15, -0.1) is 0 Å². The lowest BCUT2D eigenvalue weighted by atomic mass is 10.1. The molecule has 2 heterocycles. The van der Waals surface area contributed by atoms with Crippen molar-refractivity contribution >= 4 is 17.8 Å². The van der Waals surface area contributed by atoms with Crippen molar-refractivity contribution in [2.45, 2.75) is 59.5 Å². The van der Waals surface area contributed by atoms with Gasteiger partial charge in [-0.1, -0.05) is 12.8 Å². The third-order valence-electron chi connectivity index (χ3n) is 4.67. The number of hydrogen-bond donors (Lipinski definition) is 1. The molecule has 0 saturated carbocycles. The van der Waals surface area contributed by atoms with Crippen LogP contribution in [0.1, 0.15) is 71.6 Å². The van der Waals surface area contributed by atoms with Crippen LogP contribution in [0.2, 0.25) is 0 Å². The Morgan fingerprint density at radius 2 is 1.69 bits per heavy atom. The van der Waals surface area contributed by atoms with Crippen LogP contribution in [-0.4, -0.2) is 53.5 Å². The summed E-state index contributed by atoms with van der Waals surface area (Å²) in [5, 5.41) is 0. The number of likely N-dealkylation sites (tertiary alicyclic amines) is 1. The molecule has 1 saturated heterocycles. The number of aromatic nitrogens is 1. The molecule has 0 unspecified atom stereocenters. The maximum absolute atomic E-state index is 12.6. The Balaban J connectivity index is 2.09. The van der Waals surface area contributed by atoms with Crippen LogP contribution < -0.4 is 0 Å². The van der Waals surface area contributed by atoms with Gasteiger partial charge in [0.1, 0.15) is 5.69 Å². The number of nitrogens with zero attached hydrogens (tertiary/aromatic N) is 1. The Morgan fingerprint density at radius 1 is 1.08 bits per heavy atom. The van der Waals surface area contributed by atoms with Crippen molar-refractivity contribution in [1.29, 1.82) is 0 Å². The number of aryl methyl sites for hydroxylation is 1. The molecule has 144 valence electrons. The normalized spacial score (nSPS) is 15.9. The first-order valence-corrected chi connectivity index (χ1v) is 9.22. The fourth-order valence-corrected chi connectivity index (χ4v) is 3.28. The van der Waals surface area contributed by atoms with E-state index in [9.17, 15) is 14.4 Å². The Kier molecular flexibility index (Phi) is 6.83. The van der Waals surface area contributed by atoms with Crippen molar-refractivity contribution in [3.05, 3.63) is 22.5 Å². The molecule has 0 aromatic carbocycles. The largest absolute Gasteiger partial charge is 0.461 e. The second-order valence-corrected chi connectivity index (χ2v) is 6.63. The predicted octanol–water partition coefficient (Wildman–Crippen LogP) is 2.76. The summed E-state index contributed by atoms with van der Waals surface area (Å²) in [4.78, 5) is 41.7. The fraction of sp³-hybridized carbons (Fsp3) is 0.632. The number of rotatable bonds is 5. The van der Waals surface area contributed by atoms with Gasteiger partial charge in [-0.25, -0.2) is 9.59 Å². The molecule has 0 bridgehead atoms. The second kappa shape index (κ2) is 8.87. The van der Waals surface area contributed by atoms with E-state index in [1.165, 1.54) is 0 Å². The molecule has 1 fully saturated rings. The van der Waals surface area contributed by atoms with Gasteiger partial charge >= 0.3 is 11.9 Å². The van der Waals surface area contributed by atoms with Gasteiger partial charge in [0.05, 0.1) is 12.2 Å². The van der Waals surface area contributed by atoms with Gasteiger partial charge < -0.3 is 19.4 Å². The maximum atomic E-state index is 12.6. The summed E-state index contributed by atoms with van der Waals surface area (Å²) in [7, 11) is 0. The van der Waals surface area contributed by atoms with Crippen LogP contribution in [0.4, 0.5) is 0 Å². The molecule has 1 aromatic heterocycles. The number of esters is 2. The van der Waals surface area contributed by atoms with Crippen molar-refractivity contribution in [3.8, 4) is 0 Å². The van der Waals surface area contributed by atoms with E-state index in [2.05, 4.69) is 4.98 Å². The van der Waals surface area contributed by atoms with Crippen molar-refractivity contribution < 1.29 is 23.9 Å².